The largest absolute Gasteiger partial charge is 0.384 e. The molecule has 3 aromatic rings. The van der Waals surface area contributed by atoms with Crippen molar-refractivity contribution in [3.63, 3.8) is 0 Å². The molecule has 3 heteroatoms. The van der Waals surface area contributed by atoms with Gasteiger partial charge in [-0.25, -0.2) is 0 Å². The van der Waals surface area contributed by atoms with Crippen LogP contribution in [-0.4, -0.2) is 28.0 Å². The Morgan fingerprint density at radius 3 is 2.00 bits per heavy atom. The van der Waals surface area contributed by atoms with E-state index in [4.69, 9.17) is 0 Å². The monoisotopic (exact) mass is 361 g/mol. The van der Waals surface area contributed by atoms with Crippen molar-refractivity contribution in [2.24, 2.45) is 0 Å². The van der Waals surface area contributed by atoms with Crippen molar-refractivity contribution in [2.75, 3.05) is 0 Å². The maximum Gasteiger partial charge on any atom is 0.254 e. The van der Waals surface area contributed by atoms with Gasteiger partial charge in [-0.3, -0.25) is 4.79 Å². The number of fused-ring (bicyclic) bond motifs is 1. The topological polar surface area (TPSA) is 40.5 Å². The van der Waals surface area contributed by atoms with E-state index in [2.05, 4.69) is 0 Å². The summed E-state index contributed by atoms with van der Waals surface area (Å²) in [6.45, 7) is 8.12. The molecule has 1 atom stereocenters. The molecule has 27 heavy (non-hydrogen) atoms. The summed E-state index contributed by atoms with van der Waals surface area (Å²) in [6, 6.07) is 21.3. The standard InChI is InChI=1S/C24H27NO2/c1-16(2)25(17(3)4)24(27)21-15-9-13-18-12-8-14-20(22(18)21)23(26)19-10-6-5-7-11-19/h5-17,23,26H,1-4H3/t23-/m0/s1. The van der Waals surface area contributed by atoms with Gasteiger partial charge < -0.3 is 10.0 Å². The number of carbonyl (C=O) groups excluding carboxylic acids is 1. The van der Waals surface area contributed by atoms with Crippen molar-refractivity contribution < 1.29 is 9.90 Å². The van der Waals surface area contributed by atoms with Gasteiger partial charge in [0.1, 0.15) is 6.10 Å². The molecular weight excluding hydrogens is 334 g/mol. The number of benzene rings is 3. The second-order valence-corrected chi connectivity index (χ2v) is 7.46. The molecule has 0 heterocycles. The minimum absolute atomic E-state index is 0.00156. The average Bonchev–Trinajstić information content (AvgIpc) is 2.66. The highest BCUT2D eigenvalue weighted by Gasteiger charge is 2.25. The van der Waals surface area contributed by atoms with E-state index in [0.717, 1.165) is 21.9 Å². The van der Waals surface area contributed by atoms with Gasteiger partial charge in [-0.05, 0) is 50.3 Å². The molecular formula is C24H27NO2. The first-order valence-corrected chi connectivity index (χ1v) is 9.49. The molecule has 3 nitrogen and oxygen atoms in total. The van der Waals surface area contributed by atoms with E-state index >= 15 is 0 Å². The van der Waals surface area contributed by atoms with Crippen molar-refractivity contribution in [3.05, 3.63) is 83.4 Å². The summed E-state index contributed by atoms with van der Waals surface area (Å²) in [7, 11) is 0. The molecule has 0 radical (unpaired) electrons. The lowest BCUT2D eigenvalue weighted by atomic mass is 9.92. The van der Waals surface area contributed by atoms with E-state index in [1.54, 1.807) is 0 Å². The summed E-state index contributed by atoms with van der Waals surface area (Å²) in [6.07, 6.45) is -0.782. The molecule has 0 saturated carbocycles. The molecule has 1 N–H and O–H groups in total. The molecule has 0 aliphatic carbocycles. The maximum atomic E-state index is 13.4. The van der Waals surface area contributed by atoms with Gasteiger partial charge in [-0.2, -0.15) is 0 Å². The number of aliphatic hydroxyl groups is 1. The Hall–Kier alpha value is -2.65. The fourth-order valence-electron chi connectivity index (χ4n) is 3.80. The molecule has 0 spiro atoms. The third kappa shape index (κ3) is 3.74. The molecule has 0 saturated heterocycles. The fourth-order valence-corrected chi connectivity index (χ4v) is 3.80. The van der Waals surface area contributed by atoms with E-state index < -0.39 is 6.10 Å². The van der Waals surface area contributed by atoms with E-state index in [1.165, 1.54) is 0 Å². The Balaban J connectivity index is 2.19. The van der Waals surface area contributed by atoms with Crippen LogP contribution in [0.15, 0.2) is 66.7 Å². The Bertz CT molecular complexity index is 918. The highest BCUT2D eigenvalue weighted by Crippen LogP contribution is 2.32. The van der Waals surface area contributed by atoms with Crippen LogP contribution in [-0.2, 0) is 0 Å². The number of rotatable bonds is 5. The summed E-state index contributed by atoms with van der Waals surface area (Å²) in [5.74, 6) is -0.00156. The van der Waals surface area contributed by atoms with Crippen LogP contribution >= 0.6 is 0 Å². The Morgan fingerprint density at radius 1 is 0.815 bits per heavy atom. The SMILES string of the molecule is CC(C)N(C(=O)c1cccc2cccc([C@@H](O)c3ccccc3)c12)C(C)C. The van der Waals surface area contributed by atoms with Crippen molar-refractivity contribution >= 4 is 16.7 Å². The van der Waals surface area contributed by atoms with Gasteiger partial charge >= 0.3 is 0 Å². The van der Waals surface area contributed by atoms with Crippen LogP contribution in [0.25, 0.3) is 10.8 Å². The summed E-state index contributed by atoms with van der Waals surface area (Å²) < 4.78 is 0. The fraction of sp³-hybridized carbons (Fsp3) is 0.292. The van der Waals surface area contributed by atoms with E-state index in [0.29, 0.717) is 5.56 Å². The lowest BCUT2D eigenvalue weighted by molar-refractivity contribution is 0.0645. The van der Waals surface area contributed by atoms with Crippen LogP contribution in [0.3, 0.4) is 0 Å². The molecule has 0 aliphatic heterocycles. The first-order valence-electron chi connectivity index (χ1n) is 9.49. The minimum atomic E-state index is -0.782. The van der Waals surface area contributed by atoms with Gasteiger partial charge in [0.15, 0.2) is 0 Å². The van der Waals surface area contributed by atoms with Gasteiger partial charge in [-0.15, -0.1) is 0 Å². The smallest absolute Gasteiger partial charge is 0.254 e. The summed E-state index contributed by atoms with van der Waals surface area (Å²) >= 11 is 0. The molecule has 0 aromatic heterocycles. The van der Waals surface area contributed by atoms with Crippen molar-refractivity contribution in [1.82, 2.24) is 4.90 Å². The van der Waals surface area contributed by atoms with Gasteiger partial charge in [0.2, 0.25) is 0 Å². The zero-order chi connectivity index (χ0) is 19.6. The van der Waals surface area contributed by atoms with Gasteiger partial charge in [0, 0.05) is 23.0 Å². The number of nitrogens with zero attached hydrogens (tertiary/aromatic N) is 1. The predicted octanol–water partition coefficient (Wildman–Crippen LogP) is 5.18. The second kappa shape index (κ2) is 7.93. The zero-order valence-corrected chi connectivity index (χ0v) is 16.4. The molecule has 0 bridgehead atoms. The third-order valence-electron chi connectivity index (χ3n) is 4.92. The third-order valence-corrected chi connectivity index (χ3v) is 4.92. The normalized spacial score (nSPS) is 12.6. The van der Waals surface area contributed by atoms with Crippen LogP contribution in [0.1, 0.15) is 55.3 Å². The first-order chi connectivity index (χ1) is 12.9. The molecule has 3 rings (SSSR count). The van der Waals surface area contributed by atoms with E-state index in [1.807, 2.05) is 99.3 Å². The Morgan fingerprint density at radius 2 is 1.41 bits per heavy atom. The first kappa shape index (κ1) is 19.1. The second-order valence-electron chi connectivity index (χ2n) is 7.46. The lowest BCUT2D eigenvalue weighted by Crippen LogP contribution is -2.42. The molecule has 3 aromatic carbocycles. The van der Waals surface area contributed by atoms with Crippen molar-refractivity contribution in [1.29, 1.82) is 0 Å². The van der Waals surface area contributed by atoms with Crippen LogP contribution in [0.4, 0.5) is 0 Å². The number of amides is 1. The highest BCUT2D eigenvalue weighted by atomic mass is 16.3. The number of carbonyl (C=O) groups is 1. The molecule has 140 valence electrons. The number of hydrogen-bond acceptors (Lipinski definition) is 2. The van der Waals surface area contributed by atoms with Crippen LogP contribution < -0.4 is 0 Å². The van der Waals surface area contributed by atoms with Crippen LogP contribution in [0, 0.1) is 0 Å². The molecule has 0 aliphatic rings. The van der Waals surface area contributed by atoms with Crippen molar-refractivity contribution in [3.8, 4) is 0 Å². The predicted molar refractivity (Wildman–Crippen MR) is 111 cm³/mol. The van der Waals surface area contributed by atoms with Crippen molar-refractivity contribution in [2.45, 2.75) is 45.9 Å². The molecule has 1 amide bonds. The summed E-state index contributed by atoms with van der Waals surface area (Å²) in [4.78, 5) is 15.3. The minimum Gasteiger partial charge on any atom is -0.384 e. The Kier molecular flexibility index (Phi) is 5.62. The number of aliphatic hydroxyl groups excluding tert-OH is 1. The lowest BCUT2D eigenvalue weighted by Gasteiger charge is -2.31. The quantitative estimate of drug-likeness (QED) is 0.680. The zero-order valence-electron chi connectivity index (χ0n) is 16.4. The van der Waals surface area contributed by atoms with Crippen LogP contribution in [0.2, 0.25) is 0 Å². The average molecular weight is 361 g/mol. The highest BCUT2D eigenvalue weighted by molar-refractivity contribution is 6.08. The molecule has 0 unspecified atom stereocenters. The van der Waals surface area contributed by atoms with E-state index in [9.17, 15) is 9.90 Å². The summed E-state index contributed by atoms with van der Waals surface area (Å²) in [5, 5.41) is 12.8. The van der Waals surface area contributed by atoms with Crippen LogP contribution in [0.5, 0.6) is 0 Å². The number of hydrogen-bond donors (Lipinski definition) is 1. The summed E-state index contributed by atoms with van der Waals surface area (Å²) in [5.41, 5.74) is 2.22. The maximum absolute atomic E-state index is 13.4. The van der Waals surface area contributed by atoms with Gasteiger partial charge in [0.05, 0.1) is 0 Å². The Labute approximate surface area is 161 Å². The van der Waals surface area contributed by atoms with Gasteiger partial charge in [-0.1, -0.05) is 60.7 Å². The van der Waals surface area contributed by atoms with Gasteiger partial charge in [0.25, 0.3) is 5.91 Å². The van der Waals surface area contributed by atoms with E-state index in [-0.39, 0.29) is 18.0 Å². The molecule has 0 fully saturated rings.